The molecule has 0 aliphatic rings. The third kappa shape index (κ3) is 2.74. The van der Waals surface area contributed by atoms with Crippen LogP contribution in [-0.2, 0) is 16.6 Å². The van der Waals surface area contributed by atoms with Gasteiger partial charge in [0.2, 0.25) is 0 Å². The Morgan fingerprint density at radius 1 is 1.47 bits per heavy atom. The summed E-state index contributed by atoms with van der Waals surface area (Å²) in [6.07, 6.45) is 1.41. The molecular formula is C10H13N3O2S2. The largest absolute Gasteiger partial charge is 0.266 e. The van der Waals surface area contributed by atoms with E-state index in [1.807, 2.05) is 19.9 Å². The predicted molar refractivity (Wildman–Crippen MR) is 66.4 cm³/mol. The number of H-pyrrole nitrogens is 1. The summed E-state index contributed by atoms with van der Waals surface area (Å²) in [5.41, 5.74) is 1.19. The van der Waals surface area contributed by atoms with E-state index in [9.17, 15) is 8.42 Å². The van der Waals surface area contributed by atoms with Gasteiger partial charge in [-0.2, -0.15) is 5.10 Å². The third-order valence-electron chi connectivity index (χ3n) is 2.42. The van der Waals surface area contributed by atoms with Crippen LogP contribution >= 0.6 is 11.3 Å². The lowest BCUT2D eigenvalue weighted by Gasteiger charge is -2.02. The van der Waals surface area contributed by atoms with Crippen molar-refractivity contribution in [1.29, 1.82) is 0 Å². The Hall–Kier alpha value is -1.18. The van der Waals surface area contributed by atoms with Gasteiger partial charge in [-0.25, -0.2) is 13.1 Å². The lowest BCUT2D eigenvalue weighted by Crippen LogP contribution is -2.23. The molecule has 0 aliphatic heterocycles. The van der Waals surface area contributed by atoms with E-state index in [2.05, 4.69) is 14.9 Å². The normalized spacial score (nSPS) is 11.9. The third-order valence-corrected chi connectivity index (χ3v) is 4.90. The van der Waals surface area contributed by atoms with Crippen molar-refractivity contribution in [3.8, 4) is 0 Å². The van der Waals surface area contributed by atoms with E-state index in [4.69, 9.17) is 0 Å². The number of aryl methyl sites for hydroxylation is 2. The molecule has 0 saturated heterocycles. The van der Waals surface area contributed by atoms with Crippen LogP contribution in [0.2, 0.25) is 0 Å². The van der Waals surface area contributed by atoms with Gasteiger partial charge in [0.1, 0.15) is 0 Å². The van der Waals surface area contributed by atoms with Crippen LogP contribution in [0.1, 0.15) is 15.3 Å². The van der Waals surface area contributed by atoms with Crippen LogP contribution in [0.25, 0.3) is 0 Å². The minimum Gasteiger partial charge on any atom is -0.266 e. The van der Waals surface area contributed by atoms with Crippen molar-refractivity contribution in [3.05, 3.63) is 33.6 Å². The fourth-order valence-electron chi connectivity index (χ4n) is 1.37. The summed E-state index contributed by atoms with van der Waals surface area (Å²) in [6.45, 7) is 4.34. The van der Waals surface area contributed by atoms with E-state index in [1.165, 1.54) is 22.7 Å². The van der Waals surface area contributed by atoms with Crippen molar-refractivity contribution >= 4 is 21.4 Å². The number of sulfonamides is 1. The first-order valence-electron chi connectivity index (χ1n) is 5.04. The molecule has 7 heteroatoms. The zero-order valence-corrected chi connectivity index (χ0v) is 11.2. The van der Waals surface area contributed by atoms with E-state index < -0.39 is 10.0 Å². The fourth-order valence-corrected chi connectivity index (χ4v) is 3.37. The van der Waals surface area contributed by atoms with Gasteiger partial charge in [-0.05, 0) is 31.5 Å². The van der Waals surface area contributed by atoms with E-state index in [-0.39, 0.29) is 5.03 Å². The molecule has 0 radical (unpaired) electrons. The Morgan fingerprint density at radius 2 is 2.24 bits per heavy atom. The van der Waals surface area contributed by atoms with Crippen LogP contribution in [0.15, 0.2) is 23.4 Å². The molecule has 2 N–H and O–H groups in total. The molecule has 0 bridgehead atoms. The number of hydrogen-bond acceptors (Lipinski definition) is 4. The number of aromatic nitrogens is 2. The van der Waals surface area contributed by atoms with Crippen molar-refractivity contribution < 1.29 is 8.42 Å². The van der Waals surface area contributed by atoms with Gasteiger partial charge in [0.05, 0.1) is 6.20 Å². The Kier molecular flexibility index (Phi) is 3.32. The summed E-state index contributed by atoms with van der Waals surface area (Å²) in [6, 6.07) is 3.42. The molecule has 0 atom stereocenters. The molecular weight excluding hydrogens is 258 g/mol. The van der Waals surface area contributed by atoms with Crippen molar-refractivity contribution in [1.82, 2.24) is 14.9 Å². The Bertz CT molecular complexity index is 580. The maximum Gasteiger partial charge on any atom is 0.257 e. The van der Waals surface area contributed by atoms with Crippen LogP contribution < -0.4 is 4.72 Å². The fraction of sp³-hybridized carbons (Fsp3) is 0.300. The molecule has 0 fully saturated rings. The molecule has 0 spiro atoms. The topological polar surface area (TPSA) is 74.8 Å². The van der Waals surface area contributed by atoms with Crippen LogP contribution in [0.5, 0.6) is 0 Å². The standard InChI is InChI=1S/C10H13N3O2S2/c1-7-5-9(16-8(7)2)6-12-17(14,15)10-3-4-11-13-10/h3-5,12H,6H2,1-2H3,(H,11,13). The zero-order valence-electron chi connectivity index (χ0n) is 9.52. The smallest absolute Gasteiger partial charge is 0.257 e. The van der Waals surface area contributed by atoms with Crippen LogP contribution in [0.4, 0.5) is 0 Å². The highest BCUT2D eigenvalue weighted by atomic mass is 32.2. The molecule has 5 nitrogen and oxygen atoms in total. The maximum absolute atomic E-state index is 11.8. The number of aromatic amines is 1. The average molecular weight is 271 g/mol. The predicted octanol–water partition coefficient (Wildman–Crippen LogP) is 1.57. The SMILES string of the molecule is Cc1cc(CNS(=O)(=O)c2ccn[nH]2)sc1C. The second kappa shape index (κ2) is 4.59. The van der Waals surface area contributed by atoms with E-state index in [0.29, 0.717) is 6.54 Å². The van der Waals surface area contributed by atoms with E-state index >= 15 is 0 Å². The monoisotopic (exact) mass is 271 g/mol. The number of rotatable bonds is 4. The lowest BCUT2D eigenvalue weighted by atomic mass is 10.3. The Balaban J connectivity index is 2.08. The number of thiophene rings is 1. The lowest BCUT2D eigenvalue weighted by molar-refractivity contribution is 0.577. The first kappa shape index (κ1) is 12.3. The summed E-state index contributed by atoms with van der Waals surface area (Å²) in [4.78, 5) is 2.21. The molecule has 2 rings (SSSR count). The van der Waals surface area contributed by atoms with E-state index in [0.717, 1.165) is 4.88 Å². The molecule has 2 aromatic heterocycles. The highest BCUT2D eigenvalue weighted by Gasteiger charge is 2.15. The maximum atomic E-state index is 11.8. The second-order valence-electron chi connectivity index (χ2n) is 3.70. The highest BCUT2D eigenvalue weighted by molar-refractivity contribution is 7.89. The first-order valence-corrected chi connectivity index (χ1v) is 7.34. The van der Waals surface area contributed by atoms with Crippen molar-refractivity contribution in [2.75, 3.05) is 0 Å². The summed E-state index contributed by atoms with van der Waals surface area (Å²) in [7, 11) is -3.48. The summed E-state index contributed by atoms with van der Waals surface area (Å²) in [5, 5.41) is 6.14. The van der Waals surface area contributed by atoms with Gasteiger partial charge >= 0.3 is 0 Å². The Labute approximate surface area is 104 Å². The van der Waals surface area contributed by atoms with E-state index in [1.54, 1.807) is 11.3 Å². The molecule has 0 aliphatic carbocycles. The minimum absolute atomic E-state index is 0.0856. The number of nitrogens with one attached hydrogen (secondary N) is 2. The van der Waals surface area contributed by atoms with Crippen LogP contribution in [-0.4, -0.2) is 18.6 Å². The number of hydrogen-bond donors (Lipinski definition) is 2. The summed E-state index contributed by atoms with van der Waals surface area (Å²) < 4.78 is 26.1. The molecule has 92 valence electrons. The quantitative estimate of drug-likeness (QED) is 0.886. The van der Waals surface area contributed by atoms with Crippen molar-refractivity contribution in [2.24, 2.45) is 0 Å². The molecule has 0 aromatic carbocycles. The summed E-state index contributed by atoms with van der Waals surface area (Å²) >= 11 is 1.60. The highest BCUT2D eigenvalue weighted by Crippen LogP contribution is 2.20. The van der Waals surface area contributed by atoms with Crippen LogP contribution in [0, 0.1) is 13.8 Å². The molecule has 0 amide bonds. The van der Waals surface area contributed by atoms with Gasteiger partial charge in [0.15, 0.2) is 5.03 Å². The molecule has 2 heterocycles. The van der Waals surface area contributed by atoms with Gasteiger partial charge in [0.25, 0.3) is 10.0 Å². The van der Waals surface area contributed by atoms with Gasteiger partial charge in [-0.3, -0.25) is 5.10 Å². The zero-order chi connectivity index (χ0) is 12.5. The molecule has 17 heavy (non-hydrogen) atoms. The van der Waals surface area contributed by atoms with Crippen molar-refractivity contribution in [3.63, 3.8) is 0 Å². The van der Waals surface area contributed by atoms with Gasteiger partial charge in [-0.1, -0.05) is 0 Å². The van der Waals surface area contributed by atoms with Crippen molar-refractivity contribution in [2.45, 2.75) is 25.4 Å². The first-order chi connectivity index (χ1) is 7.99. The van der Waals surface area contributed by atoms with Crippen LogP contribution in [0.3, 0.4) is 0 Å². The number of nitrogens with zero attached hydrogens (tertiary/aromatic N) is 1. The van der Waals surface area contributed by atoms with Gasteiger partial charge in [-0.15, -0.1) is 11.3 Å². The average Bonchev–Trinajstić information content (AvgIpc) is 2.87. The molecule has 0 saturated carbocycles. The minimum atomic E-state index is -3.48. The second-order valence-corrected chi connectivity index (χ2v) is 6.77. The molecule has 2 aromatic rings. The molecule has 0 unspecified atom stereocenters. The Morgan fingerprint density at radius 3 is 2.76 bits per heavy atom. The van der Waals surface area contributed by atoms with Gasteiger partial charge < -0.3 is 0 Å². The summed E-state index contributed by atoms with van der Waals surface area (Å²) in [5.74, 6) is 0. The van der Waals surface area contributed by atoms with Gasteiger partial charge in [0, 0.05) is 16.3 Å².